The summed E-state index contributed by atoms with van der Waals surface area (Å²) in [7, 11) is -3.95. The summed E-state index contributed by atoms with van der Waals surface area (Å²) >= 11 is 0. The number of hydrogen-bond donors (Lipinski definition) is 2. The van der Waals surface area contributed by atoms with Crippen molar-refractivity contribution in [2.75, 3.05) is 11.9 Å². The van der Waals surface area contributed by atoms with Crippen LogP contribution in [0.25, 0.3) is 27.5 Å². The minimum absolute atomic E-state index is 0.00679. The zero-order chi connectivity index (χ0) is 24.5. The largest absolute Gasteiger partial charge is 0.492 e. The fraction of sp³-hybridized carbons (Fsp3) is 0.115. The quantitative estimate of drug-likeness (QED) is 0.394. The van der Waals surface area contributed by atoms with Crippen molar-refractivity contribution < 1.29 is 13.2 Å². The molecule has 2 heterocycles. The number of nitrogens with one attached hydrogen (secondary N) is 2. The minimum atomic E-state index is -3.95. The molecular weight excluding hydrogens is 466 g/mol. The Hall–Kier alpha value is -4.24. The Labute approximate surface area is 198 Å². The molecule has 6 rings (SSSR count). The summed E-state index contributed by atoms with van der Waals surface area (Å²) in [6.45, 7) is 3.98. The zero-order valence-electron chi connectivity index (χ0n) is 18.8. The monoisotopic (exact) mass is 485 g/mol. The van der Waals surface area contributed by atoms with Crippen molar-refractivity contribution in [2.24, 2.45) is 0 Å². The standard InChI is InChI=1S/C26H19N3O5S/c1-3-34-17-12-13(2)19-21-20(14-8-4-5-9-15(14)24(19)30)22(26(31)28-23(17)21)25-27-16-10-6-7-11-18(16)35(32,33)29-25/h4-12,27,29H,3H2,1-2H3. The average molecular weight is 486 g/mol. The van der Waals surface area contributed by atoms with E-state index in [9.17, 15) is 18.0 Å². The van der Waals surface area contributed by atoms with E-state index in [0.29, 0.717) is 50.2 Å². The van der Waals surface area contributed by atoms with Gasteiger partial charge in [-0.05, 0) is 43.0 Å². The number of para-hydroxylation sites is 1. The number of anilines is 1. The van der Waals surface area contributed by atoms with Crippen molar-refractivity contribution in [2.45, 2.75) is 18.7 Å². The summed E-state index contributed by atoms with van der Waals surface area (Å²) < 4.78 is 34.4. The first-order chi connectivity index (χ1) is 16.8. The molecule has 9 heteroatoms. The molecule has 35 heavy (non-hydrogen) atoms. The minimum Gasteiger partial charge on any atom is -0.492 e. The number of sulfonamides is 1. The predicted molar refractivity (Wildman–Crippen MR) is 133 cm³/mol. The molecule has 0 amide bonds. The van der Waals surface area contributed by atoms with Crippen molar-refractivity contribution >= 4 is 43.2 Å². The third-order valence-electron chi connectivity index (χ3n) is 6.28. The van der Waals surface area contributed by atoms with Gasteiger partial charge >= 0.3 is 0 Å². The maximum absolute atomic E-state index is 13.6. The van der Waals surface area contributed by atoms with Crippen molar-refractivity contribution in [1.82, 2.24) is 9.71 Å². The summed E-state index contributed by atoms with van der Waals surface area (Å²) in [5.74, 6) is 0.390. The Kier molecular flexibility index (Phi) is 4.49. The van der Waals surface area contributed by atoms with Crippen LogP contribution in [0.4, 0.5) is 5.69 Å². The van der Waals surface area contributed by atoms with Gasteiger partial charge in [0.2, 0.25) is 0 Å². The lowest BCUT2D eigenvalue weighted by Crippen LogP contribution is -2.42. The molecule has 1 aliphatic carbocycles. The van der Waals surface area contributed by atoms with Gasteiger partial charge in [0.25, 0.3) is 15.6 Å². The Bertz CT molecular complexity index is 2040. The van der Waals surface area contributed by atoms with Crippen LogP contribution in [0, 0.1) is 17.4 Å². The summed E-state index contributed by atoms with van der Waals surface area (Å²) in [5, 5.41) is 5.41. The molecule has 0 saturated carbocycles. The van der Waals surface area contributed by atoms with E-state index in [0.717, 1.165) is 0 Å². The molecule has 0 atom stereocenters. The van der Waals surface area contributed by atoms with Crippen LogP contribution in [0.2, 0.25) is 0 Å². The van der Waals surface area contributed by atoms with E-state index < -0.39 is 15.6 Å². The Morgan fingerprint density at radius 2 is 1.66 bits per heavy atom. The van der Waals surface area contributed by atoms with Crippen molar-refractivity contribution in [3.8, 4) is 5.75 Å². The fourth-order valence-electron chi connectivity index (χ4n) is 4.88. The number of hydrogen-bond acceptors (Lipinski definition) is 7. The second kappa shape index (κ2) is 7.38. The van der Waals surface area contributed by atoms with E-state index in [-0.39, 0.29) is 26.9 Å². The van der Waals surface area contributed by atoms with Gasteiger partial charge in [0.1, 0.15) is 22.0 Å². The molecule has 8 nitrogen and oxygen atoms in total. The molecule has 2 aliphatic heterocycles. The molecule has 0 radical (unpaired) electrons. The van der Waals surface area contributed by atoms with E-state index in [1.165, 1.54) is 6.07 Å². The van der Waals surface area contributed by atoms with Gasteiger partial charge in [0.05, 0.1) is 17.5 Å². The smallest absolute Gasteiger partial charge is 0.282 e. The molecule has 174 valence electrons. The highest BCUT2D eigenvalue weighted by molar-refractivity contribution is 7.90. The fourth-order valence-corrected chi connectivity index (χ4v) is 6.08. The normalized spacial score (nSPS) is 16.2. The number of fused-ring (bicyclic) bond motifs is 3. The van der Waals surface area contributed by atoms with Gasteiger partial charge in [0.15, 0.2) is 5.43 Å². The highest BCUT2D eigenvalue weighted by atomic mass is 32.2. The van der Waals surface area contributed by atoms with Crippen LogP contribution < -0.4 is 31.0 Å². The van der Waals surface area contributed by atoms with Gasteiger partial charge in [-0.25, -0.2) is 13.4 Å². The maximum Gasteiger partial charge on any atom is 0.282 e. The number of ether oxygens (including phenoxy) is 1. The Balaban J connectivity index is 1.96. The summed E-state index contributed by atoms with van der Waals surface area (Å²) in [6, 6.07) is 15.1. The number of nitrogens with zero attached hydrogens (tertiary/aromatic N) is 1. The lowest BCUT2D eigenvalue weighted by Gasteiger charge is -2.22. The van der Waals surface area contributed by atoms with Gasteiger partial charge in [0, 0.05) is 21.2 Å². The molecule has 2 N–H and O–H groups in total. The molecule has 3 aliphatic rings. The lowest BCUT2D eigenvalue weighted by atomic mass is 9.95. The molecular formula is C26H19N3O5S. The third kappa shape index (κ3) is 2.98. The molecule has 0 unspecified atom stereocenters. The lowest BCUT2D eigenvalue weighted by molar-refractivity contribution is 0.343. The molecule has 0 spiro atoms. The van der Waals surface area contributed by atoms with Crippen molar-refractivity contribution in [3.63, 3.8) is 0 Å². The number of rotatable bonds is 2. The summed E-state index contributed by atoms with van der Waals surface area (Å²) in [5.41, 5.74) is 0.474. The van der Waals surface area contributed by atoms with E-state index >= 15 is 0 Å². The highest BCUT2D eigenvalue weighted by Crippen LogP contribution is 2.29. The highest BCUT2D eigenvalue weighted by Gasteiger charge is 2.27. The van der Waals surface area contributed by atoms with Crippen LogP contribution in [-0.2, 0) is 10.0 Å². The molecule has 0 saturated heterocycles. The summed E-state index contributed by atoms with van der Waals surface area (Å²) in [4.78, 5) is 31.5. The molecule has 0 fully saturated rings. The van der Waals surface area contributed by atoms with E-state index in [4.69, 9.17) is 4.74 Å². The summed E-state index contributed by atoms with van der Waals surface area (Å²) in [6.07, 6.45) is 0. The number of aromatic nitrogens is 1. The van der Waals surface area contributed by atoms with Crippen LogP contribution in [0.15, 0.2) is 69.1 Å². The second-order valence-electron chi connectivity index (χ2n) is 8.37. The van der Waals surface area contributed by atoms with E-state index in [1.54, 1.807) is 48.5 Å². The van der Waals surface area contributed by atoms with Gasteiger partial charge in [-0.15, -0.1) is 0 Å². The Morgan fingerprint density at radius 3 is 2.43 bits per heavy atom. The van der Waals surface area contributed by atoms with Gasteiger partial charge in [-0.3, -0.25) is 14.3 Å². The van der Waals surface area contributed by atoms with Crippen LogP contribution in [0.1, 0.15) is 12.5 Å². The van der Waals surface area contributed by atoms with Crippen molar-refractivity contribution in [1.29, 1.82) is 0 Å². The third-order valence-corrected chi connectivity index (χ3v) is 7.69. The first-order valence-electron chi connectivity index (χ1n) is 11.0. The maximum atomic E-state index is 13.6. The number of aryl methyl sites for hydroxylation is 1. The Morgan fingerprint density at radius 1 is 0.943 bits per heavy atom. The molecule has 3 aromatic carbocycles. The van der Waals surface area contributed by atoms with E-state index in [2.05, 4.69) is 15.0 Å². The van der Waals surface area contributed by atoms with Gasteiger partial charge in [-0.1, -0.05) is 36.4 Å². The van der Waals surface area contributed by atoms with E-state index in [1.807, 2.05) is 13.8 Å². The van der Waals surface area contributed by atoms with Gasteiger partial charge < -0.3 is 10.1 Å². The average Bonchev–Trinajstić information content (AvgIpc) is 2.83. The van der Waals surface area contributed by atoms with Crippen LogP contribution in [-0.4, -0.2) is 20.0 Å². The molecule has 3 aromatic rings. The second-order valence-corrected chi connectivity index (χ2v) is 10.0. The van der Waals surface area contributed by atoms with Crippen LogP contribution in [0.5, 0.6) is 5.75 Å². The van der Waals surface area contributed by atoms with Gasteiger partial charge in [-0.2, -0.15) is 0 Å². The first-order valence-corrected chi connectivity index (χ1v) is 12.5. The molecule has 0 bridgehead atoms. The van der Waals surface area contributed by atoms with Crippen LogP contribution >= 0.6 is 0 Å². The SMILES string of the molecule is CCOc1cc(C)c2c3c1nc(=O)c(=C1Nc4ccccc4S(=O)(=O)N1)c=3c1ccccc1c2=O. The predicted octanol–water partition coefficient (Wildman–Crippen LogP) is 2.17. The number of benzene rings is 3. The van der Waals surface area contributed by atoms with Crippen molar-refractivity contribution in [3.05, 3.63) is 96.4 Å². The van der Waals surface area contributed by atoms with Crippen LogP contribution in [0.3, 0.4) is 0 Å². The first kappa shape index (κ1) is 21.3. The zero-order valence-corrected chi connectivity index (χ0v) is 19.6. The topological polar surface area (TPSA) is 114 Å². The molecule has 0 aromatic heterocycles.